The maximum atomic E-state index is 9.29. The van der Waals surface area contributed by atoms with Crippen LogP contribution in [0.1, 0.15) is 25.0 Å². The van der Waals surface area contributed by atoms with E-state index in [0.29, 0.717) is 0 Å². The topological polar surface area (TPSA) is 33.4 Å². The van der Waals surface area contributed by atoms with Crippen molar-refractivity contribution in [1.82, 2.24) is 0 Å². The summed E-state index contributed by atoms with van der Waals surface area (Å²) >= 11 is 0. The van der Waals surface area contributed by atoms with Crippen LogP contribution in [0.4, 0.5) is 0 Å². The van der Waals surface area contributed by atoms with Gasteiger partial charge in [-0.15, -0.1) is 0 Å². The molecule has 2 rings (SSSR count). The van der Waals surface area contributed by atoms with Gasteiger partial charge in [-0.3, -0.25) is 0 Å². The van der Waals surface area contributed by atoms with Crippen molar-refractivity contribution in [3.8, 4) is 0 Å². The Morgan fingerprint density at radius 1 is 1.33 bits per heavy atom. The van der Waals surface area contributed by atoms with Gasteiger partial charge in [-0.05, 0) is 24.1 Å². The fraction of sp³-hybridized carbons (Fsp3) is 0.385. The highest BCUT2D eigenvalue weighted by Gasteiger charge is 2.20. The van der Waals surface area contributed by atoms with Crippen molar-refractivity contribution >= 4 is 11.0 Å². The molecule has 80 valence electrons. The third-order valence-corrected chi connectivity index (χ3v) is 2.95. The van der Waals surface area contributed by atoms with Crippen LogP contribution in [0.2, 0.25) is 0 Å². The first-order valence-corrected chi connectivity index (χ1v) is 5.14. The Hall–Kier alpha value is -1.28. The predicted octanol–water partition coefficient (Wildman–Crippen LogP) is 3.01. The molecule has 1 aromatic carbocycles. The van der Waals surface area contributed by atoms with Crippen LogP contribution < -0.4 is 0 Å². The van der Waals surface area contributed by atoms with Gasteiger partial charge in [0.15, 0.2) is 0 Å². The SMILES string of the molecule is Cc1coc2cc(C(C)(C)CO)ccc12. The van der Waals surface area contributed by atoms with Crippen LogP contribution in [0.15, 0.2) is 28.9 Å². The van der Waals surface area contributed by atoms with Gasteiger partial charge >= 0.3 is 0 Å². The van der Waals surface area contributed by atoms with E-state index in [0.717, 1.165) is 22.1 Å². The number of rotatable bonds is 2. The van der Waals surface area contributed by atoms with Crippen molar-refractivity contribution in [2.24, 2.45) is 0 Å². The minimum atomic E-state index is -0.213. The molecule has 2 heteroatoms. The quantitative estimate of drug-likeness (QED) is 0.815. The summed E-state index contributed by atoms with van der Waals surface area (Å²) in [5, 5.41) is 10.4. The molecule has 0 aliphatic heterocycles. The van der Waals surface area contributed by atoms with E-state index in [-0.39, 0.29) is 12.0 Å². The average Bonchev–Trinajstić information content (AvgIpc) is 2.60. The number of hydrogen-bond donors (Lipinski definition) is 1. The van der Waals surface area contributed by atoms with Gasteiger partial charge in [0, 0.05) is 10.8 Å². The summed E-state index contributed by atoms with van der Waals surface area (Å²) in [6.07, 6.45) is 1.76. The molecule has 0 bridgehead atoms. The van der Waals surface area contributed by atoms with E-state index in [1.807, 2.05) is 26.8 Å². The van der Waals surface area contributed by atoms with Gasteiger partial charge in [0.05, 0.1) is 12.9 Å². The Labute approximate surface area is 89.5 Å². The molecule has 1 heterocycles. The lowest BCUT2D eigenvalue weighted by atomic mass is 9.85. The number of aliphatic hydroxyl groups is 1. The number of fused-ring (bicyclic) bond motifs is 1. The molecule has 2 aromatic rings. The van der Waals surface area contributed by atoms with Gasteiger partial charge in [0.25, 0.3) is 0 Å². The Kier molecular flexibility index (Phi) is 2.31. The van der Waals surface area contributed by atoms with Gasteiger partial charge in [0.2, 0.25) is 0 Å². The molecule has 0 fully saturated rings. The third kappa shape index (κ3) is 1.65. The second-order valence-electron chi connectivity index (χ2n) is 4.67. The fourth-order valence-electron chi connectivity index (χ4n) is 1.67. The molecular weight excluding hydrogens is 188 g/mol. The lowest BCUT2D eigenvalue weighted by Crippen LogP contribution is -2.21. The Bertz CT molecular complexity index is 480. The molecule has 0 atom stereocenters. The van der Waals surface area contributed by atoms with Crippen molar-refractivity contribution in [3.63, 3.8) is 0 Å². The monoisotopic (exact) mass is 204 g/mol. The van der Waals surface area contributed by atoms with Gasteiger partial charge in [0.1, 0.15) is 5.58 Å². The third-order valence-electron chi connectivity index (χ3n) is 2.95. The molecule has 0 amide bonds. The van der Waals surface area contributed by atoms with E-state index in [9.17, 15) is 5.11 Å². The van der Waals surface area contributed by atoms with Crippen molar-refractivity contribution in [3.05, 3.63) is 35.6 Å². The van der Waals surface area contributed by atoms with Crippen LogP contribution in [-0.2, 0) is 5.41 Å². The molecule has 0 saturated heterocycles. The molecule has 1 N–H and O–H groups in total. The van der Waals surface area contributed by atoms with Crippen LogP contribution in [0.5, 0.6) is 0 Å². The van der Waals surface area contributed by atoms with E-state index >= 15 is 0 Å². The summed E-state index contributed by atoms with van der Waals surface area (Å²) in [6.45, 7) is 6.20. The maximum Gasteiger partial charge on any atom is 0.134 e. The summed E-state index contributed by atoms with van der Waals surface area (Å²) in [5.41, 5.74) is 2.94. The van der Waals surface area contributed by atoms with Gasteiger partial charge in [-0.1, -0.05) is 26.0 Å². The first-order valence-electron chi connectivity index (χ1n) is 5.14. The van der Waals surface area contributed by atoms with E-state index in [1.165, 1.54) is 0 Å². The Balaban J connectivity index is 2.57. The standard InChI is InChI=1S/C13H16O2/c1-9-7-15-12-6-10(4-5-11(9)12)13(2,3)8-14/h4-7,14H,8H2,1-3H3. The number of benzene rings is 1. The van der Waals surface area contributed by atoms with Crippen molar-refractivity contribution in [2.75, 3.05) is 6.61 Å². The zero-order valence-corrected chi connectivity index (χ0v) is 9.37. The van der Waals surface area contributed by atoms with Crippen molar-refractivity contribution in [1.29, 1.82) is 0 Å². The second-order valence-corrected chi connectivity index (χ2v) is 4.67. The molecule has 0 unspecified atom stereocenters. The summed E-state index contributed by atoms with van der Waals surface area (Å²) in [6, 6.07) is 6.13. The van der Waals surface area contributed by atoms with E-state index in [2.05, 4.69) is 12.1 Å². The minimum Gasteiger partial charge on any atom is -0.464 e. The fourth-order valence-corrected chi connectivity index (χ4v) is 1.67. The van der Waals surface area contributed by atoms with Crippen LogP contribution >= 0.6 is 0 Å². The molecule has 0 spiro atoms. The number of aryl methyl sites for hydroxylation is 1. The smallest absolute Gasteiger partial charge is 0.134 e. The number of hydrogen-bond acceptors (Lipinski definition) is 2. The molecule has 0 radical (unpaired) electrons. The van der Waals surface area contributed by atoms with Gasteiger partial charge in [-0.25, -0.2) is 0 Å². The van der Waals surface area contributed by atoms with Crippen LogP contribution in [-0.4, -0.2) is 11.7 Å². The Morgan fingerprint density at radius 2 is 2.07 bits per heavy atom. The molecular formula is C13H16O2. The van der Waals surface area contributed by atoms with Crippen molar-refractivity contribution in [2.45, 2.75) is 26.2 Å². The Morgan fingerprint density at radius 3 is 2.73 bits per heavy atom. The lowest BCUT2D eigenvalue weighted by Gasteiger charge is -2.21. The summed E-state index contributed by atoms with van der Waals surface area (Å²) < 4.78 is 5.45. The highest BCUT2D eigenvalue weighted by atomic mass is 16.3. The summed E-state index contributed by atoms with van der Waals surface area (Å²) in [4.78, 5) is 0. The van der Waals surface area contributed by atoms with E-state index in [1.54, 1.807) is 6.26 Å². The number of furan rings is 1. The summed E-state index contributed by atoms with van der Waals surface area (Å²) in [7, 11) is 0. The van der Waals surface area contributed by atoms with Gasteiger partial charge < -0.3 is 9.52 Å². The van der Waals surface area contributed by atoms with Crippen LogP contribution in [0.3, 0.4) is 0 Å². The van der Waals surface area contributed by atoms with Crippen LogP contribution in [0.25, 0.3) is 11.0 Å². The lowest BCUT2D eigenvalue weighted by molar-refractivity contribution is 0.218. The highest BCUT2D eigenvalue weighted by molar-refractivity contribution is 5.81. The number of aliphatic hydroxyl groups excluding tert-OH is 1. The first kappa shape index (κ1) is 10.2. The maximum absolute atomic E-state index is 9.29. The zero-order chi connectivity index (χ0) is 11.1. The van der Waals surface area contributed by atoms with E-state index in [4.69, 9.17) is 4.42 Å². The largest absolute Gasteiger partial charge is 0.464 e. The summed E-state index contributed by atoms with van der Waals surface area (Å²) in [5.74, 6) is 0. The minimum absolute atomic E-state index is 0.137. The molecule has 2 nitrogen and oxygen atoms in total. The molecule has 15 heavy (non-hydrogen) atoms. The molecule has 0 saturated carbocycles. The second kappa shape index (κ2) is 3.38. The molecule has 0 aliphatic carbocycles. The normalized spacial score (nSPS) is 12.3. The van der Waals surface area contributed by atoms with E-state index < -0.39 is 0 Å². The molecule has 0 aliphatic rings. The first-order chi connectivity index (χ1) is 7.04. The zero-order valence-electron chi connectivity index (χ0n) is 9.37. The van der Waals surface area contributed by atoms with Crippen LogP contribution in [0, 0.1) is 6.92 Å². The van der Waals surface area contributed by atoms with Gasteiger partial charge in [-0.2, -0.15) is 0 Å². The average molecular weight is 204 g/mol. The predicted molar refractivity (Wildman–Crippen MR) is 61.1 cm³/mol. The molecule has 1 aromatic heterocycles. The van der Waals surface area contributed by atoms with Crippen molar-refractivity contribution < 1.29 is 9.52 Å². The highest BCUT2D eigenvalue weighted by Crippen LogP contribution is 2.28.